The van der Waals surface area contributed by atoms with Crippen LogP contribution < -0.4 is 0 Å². The first-order valence-electron chi connectivity index (χ1n) is 16.1. The standard InChI is InChI=1S/C33H55N5O4/c1-6-12-28(33(40)27-14-8-9-15-30(27)39)32(34)29(7-2)35-31(23-25(3)37-20-18-36(4)19-21-37)42-24-26-13-10-16-38(26)17-11-22-41-5/h23,26-27,34,40H,3,6-22,24H2,1-2,4-5H3/b31-23+,33-28-,34-32?,35-29+. The number of ketones is 1. The summed E-state index contributed by atoms with van der Waals surface area (Å²) in [6, 6.07) is 0.304. The fraction of sp³-hybridized carbons (Fsp3) is 0.727. The molecule has 0 aromatic carbocycles. The van der Waals surface area contributed by atoms with Gasteiger partial charge in [0.2, 0.25) is 5.88 Å². The van der Waals surface area contributed by atoms with Crippen LogP contribution in [0.2, 0.25) is 0 Å². The quantitative estimate of drug-likeness (QED) is 0.109. The SMILES string of the molecule is C=C(/C=C(\N=C(/CC)C(=N)/C(CCC)=C(\O)C1CCCCC1=O)OCC1CCCN1CCCOC)N1CCN(C)CC1. The Labute approximate surface area is 253 Å². The van der Waals surface area contributed by atoms with Crippen molar-refractivity contribution >= 4 is 17.2 Å². The molecule has 2 unspecified atom stereocenters. The molecule has 0 amide bonds. The van der Waals surface area contributed by atoms with Crippen LogP contribution in [0, 0.1) is 11.3 Å². The minimum atomic E-state index is -0.506. The molecule has 2 N–H and O–H groups in total. The number of rotatable bonds is 16. The molecule has 9 heteroatoms. The van der Waals surface area contributed by atoms with E-state index in [0.29, 0.717) is 55.5 Å². The molecule has 42 heavy (non-hydrogen) atoms. The molecule has 1 aliphatic carbocycles. The summed E-state index contributed by atoms with van der Waals surface area (Å²) in [6.07, 6.45) is 9.85. The Kier molecular flexibility index (Phi) is 14.2. The molecular formula is C33H55N5O4. The molecule has 0 aromatic rings. The zero-order valence-corrected chi connectivity index (χ0v) is 26.6. The van der Waals surface area contributed by atoms with E-state index in [1.807, 2.05) is 19.9 Å². The smallest absolute Gasteiger partial charge is 0.215 e. The molecule has 2 atom stereocenters. The van der Waals surface area contributed by atoms with Crippen molar-refractivity contribution in [1.82, 2.24) is 14.7 Å². The number of ether oxygens (including phenoxy) is 2. The summed E-state index contributed by atoms with van der Waals surface area (Å²) in [4.78, 5) is 24.6. The highest BCUT2D eigenvalue weighted by Crippen LogP contribution is 2.30. The lowest BCUT2D eigenvalue weighted by Gasteiger charge is -2.34. The van der Waals surface area contributed by atoms with E-state index in [1.165, 1.54) is 0 Å². The van der Waals surface area contributed by atoms with Gasteiger partial charge in [0, 0.05) is 76.2 Å². The van der Waals surface area contributed by atoms with Crippen LogP contribution in [0.3, 0.4) is 0 Å². The Morgan fingerprint density at radius 1 is 1.14 bits per heavy atom. The second-order valence-electron chi connectivity index (χ2n) is 11.9. The van der Waals surface area contributed by atoms with E-state index in [-0.39, 0.29) is 17.3 Å². The molecule has 0 bridgehead atoms. The number of piperazine rings is 1. The number of nitrogens with one attached hydrogen (secondary N) is 1. The van der Waals surface area contributed by atoms with E-state index in [4.69, 9.17) is 19.9 Å². The molecule has 0 spiro atoms. The average Bonchev–Trinajstić information content (AvgIpc) is 3.44. The second kappa shape index (κ2) is 17.6. The summed E-state index contributed by atoms with van der Waals surface area (Å²) in [5.74, 6) is 0.0923. The Balaban J connectivity index is 1.87. The van der Waals surface area contributed by atoms with Crippen molar-refractivity contribution in [2.24, 2.45) is 10.9 Å². The van der Waals surface area contributed by atoms with Crippen LogP contribution in [0.15, 0.2) is 40.6 Å². The van der Waals surface area contributed by atoms with Gasteiger partial charge in [0.1, 0.15) is 18.1 Å². The number of hydrogen-bond donors (Lipinski definition) is 2. The highest BCUT2D eigenvalue weighted by atomic mass is 16.5. The number of allylic oxidation sites excluding steroid dienone is 3. The largest absolute Gasteiger partial charge is 0.511 e. The first kappa shape index (κ1) is 34.0. The molecular weight excluding hydrogens is 530 g/mol. The highest BCUT2D eigenvalue weighted by molar-refractivity contribution is 6.47. The minimum Gasteiger partial charge on any atom is -0.511 e. The van der Waals surface area contributed by atoms with E-state index in [1.54, 1.807) is 7.11 Å². The van der Waals surface area contributed by atoms with E-state index in [9.17, 15) is 9.90 Å². The normalized spacial score (nSPS) is 23.7. The Hall–Kier alpha value is -2.49. The maximum Gasteiger partial charge on any atom is 0.215 e. The lowest BCUT2D eigenvalue weighted by atomic mass is 9.83. The molecule has 3 rings (SSSR count). The average molecular weight is 586 g/mol. The summed E-state index contributed by atoms with van der Waals surface area (Å²) in [6.45, 7) is 15.4. The topological polar surface area (TPSA) is 102 Å². The predicted octanol–water partition coefficient (Wildman–Crippen LogP) is 5.35. The number of aliphatic hydroxyl groups excluding tert-OH is 1. The van der Waals surface area contributed by atoms with Gasteiger partial charge >= 0.3 is 0 Å². The van der Waals surface area contributed by atoms with Crippen molar-refractivity contribution in [2.45, 2.75) is 84.1 Å². The lowest BCUT2D eigenvalue weighted by molar-refractivity contribution is -0.124. The van der Waals surface area contributed by atoms with E-state index >= 15 is 0 Å². The van der Waals surface area contributed by atoms with Crippen molar-refractivity contribution < 1.29 is 19.4 Å². The number of carbonyl (C=O) groups is 1. The third-order valence-corrected chi connectivity index (χ3v) is 8.78. The van der Waals surface area contributed by atoms with Crippen molar-refractivity contribution in [3.05, 3.63) is 35.6 Å². The van der Waals surface area contributed by atoms with E-state index in [0.717, 1.165) is 90.1 Å². The van der Waals surface area contributed by atoms with Crippen LogP contribution in [-0.2, 0) is 14.3 Å². The predicted molar refractivity (Wildman–Crippen MR) is 170 cm³/mol. The van der Waals surface area contributed by atoms with Crippen molar-refractivity contribution in [2.75, 3.05) is 66.6 Å². The summed E-state index contributed by atoms with van der Waals surface area (Å²) in [5, 5.41) is 20.4. The molecule has 2 saturated heterocycles. The summed E-state index contributed by atoms with van der Waals surface area (Å²) < 4.78 is 11.7. The number of Topliss-reactive ketones (excluding diaryl/α,β-unsaturated/α-hetero) is 1. The number of likely N-dealkylation sites (N-methyl/N-ethyl adjacent to an activating group) is 1. The van der Waals surface area contributed by atoms with Gasteiger partial charge in [-0.05, 0) is 58.5 Å². The molecule has 0 radical (unpaired) electrons. The fourth-order valence-corrected chi connectivity index (χ4v) is 6.14. The Morgan fingerprint density at radius 3 is 2.57 bits per heavy atom. The minimum absolute atomic E-state index is 0.0682. The first-order chi connectivity index (χ1) is 20.3. The molecule has 0 aromatic heterocycles. The van der Waals surface area contributed by atoms with E-state index in [2.05, 4.69) is 28.3 Å². The molecule has 236 valence electrons. The zero-order valence-electron chi connectivity index (χ0n) is 26.6. The van der Waals surface area contributed by atoms with Crippen LogP contribution in [0.4, 0.5) is 0 Å². The van der Waals surface area contributed by atoms with Gasteiger partial charge in [-0.25, -0.2) is 4.99 Å². The number of aliphatic imine (C=N–C) groups is 1. The van der Waals surface area contributed by atoms with Gasteiger partial charge in [-0.2, -0.15) is 0 Å². The number of aliphatic hydroxyl groups is 1. The van der Waals surface area contributed by atoms with Gasteiger partial charge in [0.25, 0.3) is 0 Å². The Morgan fingerprint density at radius 2 is 1.90 bits per heavy atom. The monoisotopic (exact) mass is 585 g/mol. The van der Waals surface area contributed by atoms with E-state index < -0.39 is 5.92 Å². The van der Waals surface area contributed by atoms with Crippen molar-refractivity contribution in [3.63, 3.8) is 0 Å². The van der Waals surface area contributed by atoms with Gasteiger partial charge in [-0.1, -0.05) is 33.3 Å². The molecule has 3 aliphatic rings. The number of carbonyl (C=O) groups excluding carboxylic acids is 1. The lowest BCUT2D eigenvalue weighted by Crippen LogP contribution is -2.43. The van der Waals surface area contributed by atoms with Gasteiger partial charge in [0.05, 0.1) is 17.3 Å². The summed E-state index contributed by atoms with van der Waals surface area (Å²) in [5.41, 5.74) is 2.15. The maximum atomic E-state index is 12.6. The molecule has 9 nitrogen and oxygen atoms in total. The summed E-state index contributed by atoms with van der Waals surface area (Å²) >= 11 is 0. The zero-order chi connectivity index (χ0) is 30.5. The third kappa shape index (κ3) is 9.78. The van der Waals surface area contributed by atoms with Gasteiger partial charge in [-0.3, -0.25) is 15.1 Å². The molecule has 1 saturated carbocycles. The van der Waals surface area contributed by atoms with Crippen LogP contribution in [0.5, 0.6) is 0 Å². The van der Waals surface area contributed by atoms with Crippen molar-refractivity contribution in [3.8, 4) is 0 Å². The van der Waals surface area contributed by atoms with Gasteiger partial charge in [0.15, 0.2) is 0 Å². The van der Waals surface area contributed by atoms with Crippen LogP contribution in [-0.4, -0.2) is 110 Å². The first-order valence-corrected chi connectivity index (χ1v) is 16.1. The number of likely N-dealkylation sites (tertiary alicyclic amines) is 1. The molecule has 3 fully saturated rings. The summed E-state index contributed by atoms with van der Waals surface area (Å²) in [7, 11) is 3.87. The third-order valence-electron chi connectivity index (χ3n) is 8.78. The molecule has 2 aliphatic heterocycles. The highest BCUT2D eigenvalue weighted by Gasteiger charge is 2.30. The Bertz CT molecular complexity index is 1010. The molecule has 2 heterocycles. The van der Waals surface area contributed by atoms with Gasteiger partial charge < -0.3 is 24.4 Å². The van der Waals surface area contributed by atoms with Crippen molar-refractivity contribution in [1.29, 1.82) is 5.41 Å². The number of methoxy groups -OCH3 is 1. The number of hydrogen-bond acceptors (Lipinski definition) is 9. The van der Waals surface area contributed by atoms with Crippen LogP contribution >= 0.6 is 0 Å². The van der Waals surface area contributed by atoms with Crippen LogP contribution in [0.25, 0.3) is 0 Å². The second-order valence-corrected chi connectivity index (χ2v) is 11.9. The number of nitrogens with zero attached hydrogens (tertiary/aromatic N) is 4. The maximum absolute atomic E-state index is 12.6. The van der Waals surface area contributed by atoms with Gasteiger partial charge in [-0.15, -0.1) is 0 Å². The van der Waals surface area contributed by atoms with Crippen LogP contribution in [0.1, 0.15) is 78.1 Å². The fourth-order valence-electron chi connectivity index (χ4n) is 6.14.